The molecule has 18 heavy (non-hydrogen) atoms. The van der Waals surface area contributed by atoms with Gasteiger partial charge in [0.2, 0.25) is 0 Å². The van der Waals surface area contributed by atoms with E-state index in [0.717, 1.165) is 0 Å². The van der Waals surface area contributed by atoms with E-state index in [1.54, 1.807) is 31.2 Å². The Hall–Kier alpha value is -1.19. The van der Waals surface area contributed by atoms with Crippen molar-refractivity contribution in [1.82, 2.24) is 0 Å². The first kappa shape index (κ1) is 13.2. The Labute approximate surface area is 118 Å². The second-order valence-corrected chi connectivity index (χ2v) is 5.24. The van der Waals surface area contributed by atoms with Gasteiger partial charge in [0.05, 0.1) is 5.02 Å². The topological polar surface area (TPSA) is 17.1 Å². The molecule has 0 N–H and O–H groups in total. The first-order valence-corrected chi connectivity index (χ1v) is 6.41. The lowest BCUT2D eigenvalue weighted by atomic mass is 10.0. The molecule has 2 aromatic carbocycles. The number of hydrogen-bond acceptors (Lipinski definition) is 1. The average molecular weight is 328 g/mol. The highest BCUT2D eigenvalue weighted by Gasteiger charge is 2.12. The van der Waals surface area contributed by atoms with Gasteiger partial charge < -0.3 is 0 Å². The van der Waals surface area contributed by atoms with Gasteiger partial charge in [-0.3, -0.25) is 4.79 Å². The third-order valence-electron chi connectivity index (χ3n) is 2.49. The summed E-state index contributed by atoms with van der Waals surface area (Å²) in [6.45, 7) is 1.75. The Morgan fingerprint density at radius 3 is 2.50 bits per heavy atom. The van der Waals surface area contributed by atoms with Gasteiger partial charge >= 0.3 is 0 Å². The van der Waals surface area contributed by atoms with Gasteiger partial charge in [-0.15, -0.1) is 0 Å². The quantitative estimate of drug-likeness (QED) is 0.725. The lowest BCUT2D eigenvalue weighted by molar-refractivity contribution is 0.103. The smallest absolute Gasteiger partial charge is 0.193 e. The summed E-state index contributed by atoms with van der Waals surface area (Å²) in [7, 11) is 0. The lowest BCUT2D eigenvalue weighted by Gasteiger charge is -2.04. The van der Waals surface area contributed by atoms with E-state index in [1.165, 1.54) is 12.1 Å². The van der Waals surface area contributed by atoms with Crippen LogP contribution in [0, 0.1) is 12.7 Å². The maximum atomic E-state index is 13.3. The molecule has 0 aliphatic rings. The van der Waals surface area contributed by atoms with Crippen molar-refractivity contribution in [1.29, 1.82) is 0 Å². The predicted molar refractivity (Wildman–Crippen MR) is 73.7 cm³/mol. The maximum Gasteiger partial charge on any atom is 0.193 e. The second kappa shape index (κ2) is 5.21. The van der Waals surface area contributed by atoms with Crippen LogP contribution in [0.15, 0.2) is 40.9 Å². The van der Waals surface area contributed by atoms with E-state index < -0.39 is 5.82 Å². The molecule has 0 aliphatic carbocycles. The van der Waals surface area contributed by atoms with Gasteiger partial charge in [-0.2, -0.15) is 0 Å². The van der Waals surface area contributed by atoms with Crippen molar-refractivity contribution >= 4 is 33.3 Å². The standard InChI is InChI=1S/C14H9BrClFO/c1-8-4-10(6-11(17)5-8)14(18)9-2-3-13(16)12(15)7-9/h2-7H,1H3. The van der Waals surface area contributed by atoms with Crippen LogP contribution in [-0.4, -0.2) is 5.78 Å². The molecule has 0 radical (unpaired) electrons. The molecule has 0 unspecified atom stereocenters. The zero-order valence-corrected chi connectivity index (χ0v) is 11.8. The number of carbonyl (C=O) groups is 1. The molecule has 0 heterocycles. The number of aryl methyl sites for hydroxylation is 1. The SMILES string of the molecule is Cc1cc(F)cc(C(=O)c2ccc(Cl)c(Br)c2)c1. The zero-order chi connectivity index (χ0) is 13.3. The molecule has 0 saturated heterocycles. The summed E-state index contributed by atoms with van der Waals surface area (Å²) in [5, 5.41) is 0.530. The molecular formula is C14H9BrClFO. The lowest BCUT2D eigenvalue weighted by Crippen LogP contribution is -2.02. The summed E-state index contributed by atoms with van der Waals surface area (Å²) in [6.07, 6.45) is 0. The Morgan fingerprint density at radius 2 is 1.89 bits per heavy atom. The third-order valence-corrected chi connectivity index (χ3v) is 3.70. The summed E-state index contributed by atoms with van der Waals surface area (Å²) in [5.41, 5.74) is 1.52. The fourth-order valence-corrected chi connectivity index (χ4v) is 2.17. The fourth-order valence-electron chi connectivity index (χ4n) is 1.67. The van der Waals surface area contributed by atoms with Gasteiger partial charge in [0.15, 0.2) is 5.78 Å². The van der Waals surface area contributed by atoms with E-state index in [0.29, 0.717) is 26.2 Å². The molecule has 0 spiro atoms. The number of rotatable bonds is 2. The van der Waals surface area contributed by atoms with Crippen molar-refractivity contribution in [3.8, 4) is 0 Å². The molecule has 2 rings (SSSR count). The van der Waals surface area contributed by atoms with Crippen molar-refractivity contribution < 1.29 is 9.18 Å². The van der Waals surface area contributed by atoms with Crippen LogP contribution in [0.1, 0.15) is 21.5 Å². The summed E-state index contributed by atoms with van der Waals surface area (Å²) in [4.78, 5) is 12.2. The molecule has 0 aromatic heterocycles. The Balaban J connectivity index is 2.44. The van der Waals surface area contributed by atoms with Crippen LogP contribution in [-0.2, 0) is 0 Å². The van der Waals surface area contributed by atoms with Crippen LogP contribution in [0.25, 0.3) is 0 Å². The molecule has 0 atom stereocenters. The van der Waals surface area contributed by atoms with Gasteiger partial charge in [0, 0.05) is 15.6 Å². The van der Waals surface area contributed by atoms with Crippen molar-refractivity contribution in [2.24, 2.45) is 0 Å². The van der Waals surface area contributed by atoms with Gasteiger partial charge in [0.1, 0.15) is 5.82 Å². The number of hydrogen-bond donors (Lipinski definition) is 0. The number of halogens is 3. The highest BCUT2D eigenvalue weighted by atomic mass is 79.9. The number of ketones is 1. The summed E-state index contributed by atoms with van der Waals surface area (Å²) >= 11 is 9.12. The monoisotopic (exact) mass is 326 g/mol. The van der Waals surface area contributed by atoms with Crippen LogP contribution < -0.4 is 0 Å². The third kappa shape index (κ3) is 2.79. The molecule has 0 aliphatic heterocycles. The van der Waals surface area contributed by atoms with Crippen LogP contribution >= 0.6 is 27.5 Å². The molecule has 2 aromatic rings. The van der Waals surface area contributed by atoms with Gasteiger partial charge in [0.25, 0.3) is 0 Å². The van der Waals surface area contributed by atoms with E-state index in [1.807, 2.05) is 0 Å². The molecular weight excluding hydrogens is 319 g/mol. The minimum absolute atomic E-state index is 0.227. The molecule has 0 amide bonds. The summed E-state index contributed by atoms with van der Waals surface area (Å²) in [5.74, 6) is -0.638. The molecule has 92 valence electrons. The van der Waals surface area contributed by atoms with Crippen LogP contribution in [0.4, 0.5) is 4.39 Å². The zero-order valence-electron chi connectivity index (χ0n) is 9.51. The van der Waals surface area contributed by atoms with Gasteiger partial charge in [-0.25, -0.2) is 4.39 Å². The van der Waals surface area contributed by atoms with Crippen molar-refractivity contribution in [3.05, 3.63) is 68.4 Å². The van der Waals surface area contributed by atoms with Crippen molar-refractivity contribution in [3.63, 3.8) is 0 Å². The van der Waals surface area contributed by atoms with E-state index in [9.17, 15) is 9.18 Å². The van der Waals surface area contributed by atoms with E-state index in [4.69, 9.17) is 11.6 Å². The van der Waals surface area contributed by atoms with E-state index in [2.05, 4.69) is 15.9 Å². The van der Waals surface area contributed by atoms with Crippen LogP contribution in [0.3, 0.4) is 0 Å². The van der Waals surface area contributed by atoms with E-state index in [-0.39, 0.29) is 5.78 Å². The summed E-state index contributed by atoms with van der Waals surface area (Å²) < 4.78 is 13.9. The molecule has 0 bridgehead atoms. The Kier molecular flexibility index (Phi) is 3.83. The number of benzene rings is 2. The second-order valence-electron chi connectivity index (χ2n) is 3.98. The molecule has 0 saturated carbocycles. The van der Waals surface area contributed by atoms with E-state index >= 15 is 0 Å². The highest BCUT2D eigenvalue weighted by Crippen LogP contribution is 2.24. The molecule has 0 fully saturated rings. The normalized spacial score (nSPS) is 10.4. The Bertz CT molecular complexity index is 605. The minimum atomic E-state index is -0.411. The fraction of sp³-hybridized carbons (Fsp3) is 0.0714. The molecule has 1 nitrogen and oxygen atoms in total. The largest absolute Gasteiger partial charge is 0.289 e. The van der Waals surface area contributed by atoms with Crippen molar-refractivity contribution in [2.45, 2.75) is 6.92 Å². The first-order valence-electron chi connectivity index (χ1n) is 5.24. The molecule has 4 heteroatoms. The highest BCUT2D eigenvalue weighted by molar-refractivity contribution is 9.10. The average Bonchev–Trinajstić information content (AvgIpc) is 2.30. The summed E-state index contributed by atoms with van der Waals surface area (Å²) in [6, 6.07) is 9.16. The predicted octanol–water partition coefficient (Wildman–Crippen LogP) is 4.78. The van der Waals surface area contributed by atoms with Gasteiger partial charge in [-0.05, 0) is 64.8 Å². The number of carbonyl (C=O) groups excluding carboxylic acids is 1. The maximum absolute atomic E-state index is 13.3. The first-order chi connectivity index (χ1) is 8.47. The Morgan fingerprint density at radius 1 is 1.17 bits per heavy atom. The van der Waals surface area contributed by atoms with Crippen LogP contribution in [0.5, 0.6) is 0 Å². The van der Waals surface area contributed by atoms with Crippen molar-refractivity contribution in [2.75, 3.05) is 0 Å². The van der Waals surface area contributed by atoms with Crippen LogP contribution in [0.2, 0.25) is 5.02 Å². The minimum Gasteiger partial charge on any atom is -0.289 e. The van der Waals surface area contributed by atoms with Gasteiger partial charge in [-0.1, -0.05) is 11.6 Å².